The van der Waals surface area contributed by atoms with Crippen LogP contribution in [0.3, 0.4) is 0 Å². The number of carbonyl (C=O) groups is 2. The largest absolute Gasteiger partial charge is 0.481 e. The van der Waals surface area contributed by atoms with Gasteiger partial charge < -0.3 is 15.3 Å². The van der Waals surface area contributed by atoms with Crippen molar-refractivity contribution in [3.8, 4) is 0 Å². The first-order chi connectivity index (χ1) is 9.66. The van der Waals surface area contributed by atoms with Gasteiger partial charge in [-0.05, 0) is 33.1 Å². The molecule has 0 radical (unpaired) electrons. The monoisotopic (exact) mass is 306 g/mol. The minimum Gasteiger partial charge on any atom is -0.481 e. The maximum Gasteiger partial charge on any atom is 0.303 e. The topological polar surface area (TPSA) is 101 Å². The second-order valence-corrected chi connectivity index (χ2v) is 4.60. The van der Waals surface area contributed by atoms with Gasteiger partial charge in [0.1, 0.15) is 0 Å². The molecule has 0 aromatic heterocycles. The summed E-state index contributed by atoms with van der Waals surface area (Å²) in [5.41, 5.74) is 0. The SMILES string of the molecule is CCN(CC)C(C)(O)N(CC)CC.O=C(O)CCC(=O)O. The molecule has 0 aromatic rings. The molecular weight excluding hydrogens is 276 g/mol. The average molecular weight is 306 g/mol. The Hall–Kier alpha value is -1.18. The van der Waals surface area contributed by atoms with Crippen LogP contribution >= 0.6 is 0 Å². The standard InChI is InChI=1S/C10H24N2O.C4H6O4/c1-6-11(7-2)10(5,13)12(8-3)9-4;5-3(6)1-2-4(7)8/h13H,6-9H2,1-5H3;1-2H2,(H,5,6)(H,7,8). The second-order valence-electron chi connectivity index (χ2n) is 4.60. The summed E-state index contributed by atoms with van der Waals surface area (Å²) in [7, 11) is 0. The molecule has 21 heavy (non-hydrogen) atoms. The quantitative estimate of drug-likeness (QED) is 0.551. The predicted octanol–water partition coefficient (Wildman–Crippen LogP) is 1.27. The maximum absolute atomic E-state index is 10.3. The lowest BCUT2D eigenvalue weighted by atomic mass is 10.3. The van der Waals surface area contributed by atoms with E-state index in [0.717, 1.165) is 26.2 Å². The number of nitrogens with zero attached hydrogens (tertiary/aromatic N) is 2. The van der Waals surface area contributed by atoms with E-state index >= 15 is 0 Å². The van der Waals surface area contributed by atoms with Gasteiger partial charge in [-0.2, -0.15) is 0 Å². The molecule has 3 N–H and O–H groups in total. The number of aliphatic carboxylic acids is 2. The van der Waals surface area contributed by atoms with E-state index in [-0.39, 0.29) is 12.8 Å². The molecular formula is C14H30N2O5. The minimum atomic E-state index is -1.08. The van der Waals surface area contributed by atoms with Gasteiger partial charge in [0.05, 0.1) is 12.8 Å². The molecule has 0 spiro atoms. The molecule has 0 unspecified atom stereocenters. The third-order valence-corrected chi connectivity index (χ3v) is 3.28. The minimum absolute atomic E-state index is 0.296. The van der Waals surface area contributed by atoms with E-state index in [1.807, 2.05) is 6.92 Å². The molecule has 0 aliphatic rings. The molecule has 0 saturated carbocycles. The highest BCUT2D eigenvalue weighted by atomic mass is 16.4. The van der Waals surface area contributed by atoms with Crippen molar-refractivity contribution in [3.05, 3.63) is 0 Å². The van der Waals surface area contributed by atoms with Gasteiger partial charge in [-0.3, -0.25) is 19.4 Å². The van der Waals surface area contributed by atoms with E-state index in [1.54, 1.807) is 0 Å². The zero-order chi connectivity index (χ0) is 17.1. The van der Waals surface area contributed by atoms with Crippen LogP contribution in [0, 0.1) is 0 Å². The van der Waals surface area contributed by atoms with Crippen molar-refractivity contribution in [2.45, 2.75) is 53.3 Å². The van der Waals surface area contributed by atoms with Crippen LogP contribution in [0.15, 0.2) is 0 Å². The van der Waals surface area contributed by atoms with Gasteiger partial charge in [0.2, 0.25) is 0 Å². The smallest absolute Gasteiger partial charge is 0.303 e. The van der Waals surface area contributed by atoms with E-state index in [9.17, 15) is 14.7 Å². The lowest BCUT2D eigenvalue weighted by Crippen LogP contribution is -2.58. The van der Waals surface area contributed by atoms with Crippen LogP contribution in [0.2, 0.25) is 0 Å². The molecule has 7 heteroatoms. The molecule has 0 fully saturated rings. The van der Waals surface area contributed by atoms with Crippen molar-refractivity contribution in [1.29, 1.82) is 0 Å². The Morgan fingerprint density at radius 2 is 1.05 bits per heavy atom. The van der Waals surface area contributed by atoms with Crippen molar-refractivity contribution in [1.82, 2.24) is 9.80 Å². The van der Waals surface area contributed by atoms with Crippen LogP contribution in [0.25, 0.3) is 0 Å². The number of hydrogen-bond donors (Lipinski definition) is 3. The van der Waals surface area contributed by atoms with Crippen LogP contribution in [-0.4, -0.2) is 69.1 Å². The van der Waals surface area contributed by atoms with Gasteiger partial charge in [-0.1, -0.05) is 27.7 Å². The van der Waals surface area contributed by atoms with E-state index in [1.165, 1.54) is 0 Å². The molecule has 0 amide bonds. The number of aliphatic hydroxyl groups is 1. The third kappa shape index (κ3) is 9.38. The number of hydrogen-bond acceptors (Lipinski definition) is 5. The number of carboxylic acid groups (broad SMARTS) is 2. The summed E-state index contributed by atoms with van der Waals surface area (Å²) < 4.78 is 0. The van der Waals surface area contributed by atoms with Gasteiger partial charge in [-0.15, -0.1) is 0 Å². The first kappa shape index (κ1) is 22.1. The lowest BCUT2D eigenvalue weighted by Gasteiger charge is -2.43. The van der Waals surface area contributed by atoms with E-state index in [0.29, 0.717) is 0 Å². The Labute approximate surface area is 127 Å². The molecule has 0 aromatic carbocycles. The van der Waals surface area contributed by atoms with Gasteiger partial charge >= 0.3 is 11.9 Å². The van der Waals surface area contributed by atoms with Crippen LogP contribution in [0.4, 0.5) is 0 Å². The van der Waals surface area contributed by atoms with Gasteiger partial charge in [-0.25, -0.2) is 0 Å². The molecule has 0 aliphatic carbocycles. The van der Waals surface area contributed by atoms with Gasteiger partial charge in [0, 0.05) is 0 Å². The van der Waals surface area contributed by atoms with Crippen LogP contribution in [-0.2, 0) is 9.59 Å². The van der Waals surface area contributed by atoms with E-state index in [4.69, 9.17) is 10.2 Å². The number of carboxylic acids is 2. The summed E-state index contributed by atoms with van der Waals surface area (Å²) in [4.78, 5) is 23.4. The Kier molecular flexibility index (Phi) is 12.1. The summed E-state index contributed by atoms with van der Waals surface area (Å²) >= 11 is 0. The highest BCUT2D eigenvalue weighted by Crippen LogP contribution is 2.15. The second kappa shape index (κ2) is 11.5. The normalized spacial score (nSPS) is 11.2. The fourth-order valence-electron chi connectivity index (χ4n) is 2.06. The molecule has 0 bridgehead atoms. The highest BCUT2D eigenvalue weighted by Gasteiger charge is 2.31. The summed E-state index contributed by atoms with van der Waals surface area (Å²) in [6.45, 7) is 13.7. The molecule has 0 rings (SSSR count). The first-order valence-electron chi connectivity index (χ1n) is 7.33. The Balaban J connectivity index is 0. The Morgan fingerprint density at radius 3 is 1.19 bits per heavy atom. The van der Waals surface area contributed by atoms with E-state index in [2.05, 4.69) is 37.5 Å². The Bertz CT molecular complexity index is 272. The number of rotatable bonds is 9. The predicted molar refractivity (Wildman–Crippen MR) is 81.0 cm³/mol. The zero-order valence-corrected chi connectivity index (χ0v) is 13.8. The van der Waals surface area contributed by atoms with Crippen LogP contribution in [0.5, 0.6) is 0 Å². The maximum atomic E-state index is 10.3. The average Bonchev–Trinajstić information content (AvgIpc) is 2.39. The Morgan fingerprint density at radius 1 is 0.810 bits per heavy atom. The van der Waals surface area contributed by atoms with Gasteiger partial charge in [0.25, 0.3) is 0 Å². The van der Waals surface area contributed by atoms with Crippen molar-refractivity contribution in [2.24, 2.45) is 0 Å². The fraction of sp³-hybridized carbons (Fsp3) is 0.857. The van der Waals surface area contributed by atoms with Crippen molar-refractivity contribution in [3.63, 3.8) is 0 Å². The summed E-state index contributed by atoms with van der Waals surface area (Å²) in [6.07, 6.45) is -0.593. The molecule has 7 nitrogen and oxygen atoms in total. The van der Waals surface area contributed by atoms with Crippen LogP contribution in [0.1, 0.15) is 47.5 Å². The fourth-order valence-corrected chi connectivity index (χ4v) is 2.06. The van der Waals surface area contributed by atoms with Crippen molar-refractivity contribution < 1.29 is 24.9 Å². The van der Waals surface area contributed by atoms with Crippen molar-refractivity contribution in [2.75, 3.05) is 26.2 Å². The third-order valence-electron chi connectivity index (χ3n) is 3.28. The van der Waals surface area contributed by atoms with Crippen molar-refractivity contribution >= 4 is 11.9 Å². The zero-order valence-electron chi connectivity index (χ0n) is 13.8. The molecule has 126 valence electrons. The molecule has 0 heterocycles. The van der Waals surface area contributed by atoms with E-state index < -0.39 is 17.8 Å². The van der Waals surface area contributed by atoms with Gasteiger partial charge in [0.15, 0.2) is 5.85 Å². The molecule has 0 aliphatic heterocycles. The summed E-state index contributed by atoms with van der Waals surface area (Å²) in [5.74, 6) is -2.95. The molecule has 0 saturated heterocycles. The van der Waals surface area contributed by atoms with Crippen LogP contribution < -0.4 is 0 Å². The summed E-state index contributed by atoms with van der Waals surface area (Å²) in [5, 5.41) is 26.1. The summed E-state index contributed by atoms with van der Waals surface area (Å²) in [6, 6.07) is 0. The molecule has 0 atom stereocenters. The first-order valence-corrected chi connectivity index (χ1v) is 7.33. The highest BCUT2D eigenvalue weighted by molar-refractivity contribution is 5.75. The lowest BCUT2D eigenvalue weighted by molar-refractivity contribution is -0.198.